The second-order valence-electron chi connectivity index (χ2n) is 7.24. The first-order valence-electron chi connectivity index (χ1n) is 10.2. The van der Waals surface area contributed by atoms with Crippen LogP contribution in [0.3, 0.4) is 0 Å². The lowest BCUT2D eigenvalue weighted by Crippen LogP contribution is -3.11. The number of hydrogen-bond acceptors (Lipinski definition) is 5. The highest BCUT2D eigenvalue weighted by Crippen LogP contribution is 2.31. The molecule has 0 saturated carbocycles. The fraction of sp³-hybridized carbons (Fsp3) is 0.435. The highest BCUT2D eigenvalue weighted by molar-refractivity contribution is 5.76. The summed E-state index contributed by atoms with van der Waals surface area (Å²) < 4.78 is 21.9. The van der Waals surface area contributed by atoms with E-state index in [1.165, 1.54) is 4.90 Å². The van der Waals surface area contributed by atoms with Gasteiger partial charge in [-0.1, -0.05) is 12.1 Å². The van der Waals surface area contributed by atoms with Crippen LogP contribution in [-0.2, 0) is 4.79 Å². The van der Waals surface area contributed by atoms with Crippen molar-refractivity contribution in [2.24, 2.45) is 0 Å². The second kappa shape index (κ2) is 10.7. The summed E-state index contributed by atoms with van der Waals surface area (Å²) in [5.41, 5.74) is 1.09. The molecule has 2 N–H and O–H groups in total. The molecule has 2 atom stereocenters. The Bertz CT molecular complexity index is 842. The van der Waals surface area contributed by atoms with Crippen molar-refractivity contribution in [2.45, 2.75) is 18.9 Å². The van der Waals surface area contributed by atoms with Gasteiger partial charge in [0.2, 0.25) is 0 Å². The van der Waals surface area contributed by atoms with Crippen LogP contribution in [0.5, 0.6) is 23.0 Å². The van der Waals surface area contributed by atoms with E-state index in [2.05, 4.69) is 5.32 Å². The number of methoxy groups -OCH3 is 3. The maximum atomic E-state index is 12.5. The molecule has 1 aliphatic heterocycles. The van der Waals surface area contributed by atoms with Gasteiger partial charge in [-0.25, -0.2) is 0 Å². The van der Waals surface area contributed by atoms with Gasteiger partial charge in [0.25, 0.3) is 5.91 Å². The Morgan fingerprint density at radius 3 is 2.53 bits per heavy atom. The smallest absolute Gasteiger partial charge is 0.275 e. The predicted molar refractivity (Wildman–Crippen MR) is 114 cm³/mol. The number of quaternary nitrogens is 1. The largest absolute Gasteiger partial charge is 0.497 e. The number of carbonyl (C=O) groups is 1. The van der Waals surface area contributed by atoms with Crippen molar-refractivity contribution in [1.82, 2.24) is 5.32 Å². The Hall–Kier alpha value is -2.93. The summed E-state index contributed by atoms with van der Waals surface area (Å²) in [6.45, 7) is 2.20. The summed E-state index contributed by atoms with van der Waals surface area (Å²) in [5, 5.41) is 2.96. The SMILES string of the molecule is COc1ccc(OC)c([C@@H]2CCC[NH+]2CC(=O)NCCOc2ccccc2OC)c1. The molecule has 1 aliphatic rings. The number of nitrogens with one attached hydrogen (secondary N) is 2. The molecule has 0 aromatic heterocycles. The number of carbonyl (C=O) groups excluding carboxylic acids is 1. The first-order valence-corrected chi connectivity index (χ1v) is 10.2. The van der Waals surface area contributed by atoms with Gasteiger partial charge in [-0.15, -0.1) is 0 Å². The minimum absolute atomic E-state index is 0.0161. The fourth-order valence-corrected chi connectivity index (χ4v) is 3.97. The van der Waals surface area contributed by atoms with E-state index in [1.807, 2.05) is 42.5 Å². The van der Waals surface area contributed by atoms with Gasteiger partial charge in [0.05, 0.1) is 40.0 Å². The summed E-state index contributed by atoms with van der Waals surface area (Å²) in [7, 11) is 4.94. The molecule has 0 bridgehead atoms. The van der Waals surface area contributed by atoms with Crippen molar-refractivity contribution < 1.29 is 28.6 Å². The summed E-state index contributed by atoms with van der Waals surface area (Å²) in [6, 6.07) is 13.5. The normalized spacial score (nSPS) is 18.0. The minimum Gasteiger partial charge on any atom is -0.497 e. The molecule has 0 spiro atoms. The number of benzene rings is 2. The van der Waals surface area contributed by atoms with Gasteiger partial charge in [-0.05, 0) is 30.3 Å². The first kappa shape index (κ1) is 21.8. The summed E-state index contributed by atoms with van der Waals surface area (Å²) in [6.07, 6.45) is 2.09. The molecule has 1 saturated heterocycles. The third kappa shape index (κ3) is 5.36. The summed E-state index contributed by atoms with van der Waals surface area (Å²) in [4.78, 5) is 13.8. The summed E-state index contributed by atoms with van der Waals surface area (Å²) >= 11 is 0. The minimum atomic E-state index is 0.0161. The van der Waals surface area contributed by atoms with Crippen LogP contribution in [0.4, 0.5) is 0 Å². The monoisotopic (exact) mass is 415 g/mol. The van der Waals surface area contributed by atoms with Crippen LogP contribution >= 0.6 is 0 Å². The average molecular weight is 416 g/mol. The first-order chi connectivity index (χ1) is 14.7. The van der Waals surface area contributed by atoms with Crippen LogP contribution in [0.25, 0.3) is 0 Å². The van der Waals surface area contributed by atoms with Crippen molar-refractivity contribution in [3.05, 3.63) is 48.0 Å². The maximum absolute atomic E-state index is 12.5. The van der Waals surface area contributed by atoms with Gasteiger partial charge in [-0.2, -0.15) is 0 Å². The molecule has 0 radical (unpaired) electrons. The van der Waals surface area contributed by atoms with Gasteiger partial charge in [0.15, 0.2) is 18.0 Å². The molecule has 3 rings (SSSR count). The van der Waals surface area contributed by atoms with E-state index in [-0.39, 0.29) is 11.9 Å². The zero-order chi connectivity index (χ0) is 21.3. The number of amides is 1. The number of hydrogen-bond donors (Lipinski definition) is 2. The van der Waals surface area contributed by atoms with Crippen molar-refractivity contribution in [2.75, 3.05) is 47.6 Å². The molecule has 162 valence electrons. The number of para-hydroxylation sites is 2. The molecular formula is C23H31N2O5+. The summed E-state index contributed by atoms with van der Waals surface area (Å²) in [5.74, 6) is 3.01. The molecule has 2 aromatic carbocycles. The Labute approximate surface area is 177 Å². The van der Waals surface area contributed by atoms with Crippen molar-refractivity contribution in [3.63, 3.8) is 0 Å². The standard InChI is InChI=1S/C23H30N2O5/c1-27-17-10-11-20(28-2)18(15-17)19-7-6-13-25(19)16-23(26)24-12-14-30-22-9-5-4-8-21(22)29-3/h4-5,8-11,15,19H,6-7,12-14,16H2,1-3H3,(H,24,26)/p+1/t19-/m0/s1. The molecule has 2 aromatic rings. The molecule has 1 amide bonds. The Morgan fingerprint density at radius 1 is 1.03 bits per heavy atom. The second-order valence-corrected chi connectivity index (χ2v) is 7.24. The molecule has 30 heavy (non-hydrogen) atoms. The molecule has 7 nitrogen and oxygen atoms in total. The lowest BCUT2D eigenvalue weighted by molar-refractivity contribution is -0.910. The van der Waals surface area contributed by atoms with Crippen LogP contribution in [0.15, 0.2) is 42.5 Å². The van der Waals surface area contributed by atoms with E-state index in [0.29, 0.717) is 31.2 Å². The zero-order valence-electron chi connectivity index (χ0n) is 17.9. The number of rotatable bonds is 10. The number of ether oxygens (including phenoxy) is 4. The highest BCUT2D eigenvalue weighted by atomic mass is 16.5. The van der Waals surface area contributed by atoms with Gasteiger partial charge in [0, 0.05) is 12.8 Å². The van der Waals surface area contributed by atoms with E-state index in [4.69, 9.17) is 18.9 Å². The lowest BCUT2D eigenvalue weighted by Gasteiger charge is -2.23. The van der Waals surface area contributed by atoms with Crippen LogP contribution in [-0.4, -0.2) is 53.5 Å². The van der Waals surface area contributed by atoms with Gasteiger partial charge < -0.3 is 29.2 Å². The van der Waals surface area contributed by atoms with E-state index in [9.17, 15) is 4.79 Å². The van der Waals surface area contributed by atoms with E-state index in [1.54, 1.807) is 21.3 Å². The fourth-order valence-electron chi connectivity index (χ4n) is 3.97. The van der Waals surface area contributed by atoms with Crippen LogP contribution < -0.4 is 29.2 Å². The van der Waals surface area contributed by atoms with Gasteiger partial charge >= 0.3 is 0 Å². The molecular weight excluding hydrogens is 384 g/mol. The molecule has 1 unspecified atom stereocenters. The number of likely N-dealkylation sites (tertiary alicyclic amines) is 1. The lowest BCUT2D eigenvalue weighted by atomic mass is 10.0. The third-order valence-electron chi connectivity index (χ3n) is 5.43. The maximum Gasteiger partial charge on any atom is 0.275 e. The zero-order valence-corrected chi connectivity index (χ0v) is 17.9. The highest BCUT2D eigenvalue weighted by Gasteiger charge is 2.33. The third-order valence-corrected chi connectivity index (χ3v) is 5.43. The molecule has 7 heteroatoms. The molecule has 0 aliphatic carbocycles. The van der Waals surface area contributed by atoms with E-state index >= 15 is 0 Å². The van der Waals surface area contributed by atoms with Gasteiger partial charge in [0.1, 0.15) is 24.1 Å². The Balaban J connectivity index is 1.52. The van der Waals surface area contributed by atoms with E-state index in [0.717, 1.165) is 36.4 Å². The van der Waals surface area contributed by atoms with Crippen LogP contribution in [0, 0.1) is 0 Å². The predicted octanol–water partition coefficient (Wildman–Crippen LogP) is 1.63. The van der Waals surface area contributed by atoms with Gasteiger partial charge in [-0.3, -0.25) is 4.79 Å². The van der Waals surface area contributed by atoms with Crippen molar-refractivity contribution in [3.8, 4) is 23.0 Å². The molecule has 1 heterocycles. The quantitative estimate of drug-likeness (QED) is 0.577. The van der Waals surface area contributed by atoms with Crippen molar-refractivity contribution >= 4 is 5.91 Å². The Morgan fingerprint density at radius 2 is 1.80 bits per heavy atom. The topological polar surface area (TPSA) is 70.5 Å². The van der Waals surface area contributed by atoms with E-state index < -0.39 is 0 Å². The van der Waals surface area contributed by atoms with Crippen LogP contribution in [0.2, 0.25) is 0 Å². The molecule has 1 fully saturated rings. The van der Waals surface area contributed by atoms with Crippen molar-refractivity contribution in [1.29, 1.82) is 0 Å². The Kier molecular flexibility index (Phi) is 7.79. The average Bonchev–Trinajstić information content (AvgIpc) is 3.24. The van der Waals surface area contributed by atoms with Crippen LogP contribution in [0.1, 0.15) is 24.4 Å².